The average molecular weight is 486 g/mol. The maximum Gasteiger partial charge on any atom is 0.300 e. The number of nitro groups is 2. The number of nitrogens with one attached hydrogen (secondary N) is 2. The van der Waals surface area contributed by atoms with Crippen LogP contribution in [-0.2, 0) is 9.59 Å². The number of rotatable bonds is 8. The number of thiocarbonyl (C=S) groups is 1. The van der Waals surface area contributed by atoms with E-state index in [9.17, 15) is 29.8 Å². The van der Waals surface area contributed by atoms with Gasteiger partial charge in [0.25, 0.3) is 17.5 Å². The SMILES string of the molecule is O=C(CN1C(=O)/C(=C/C=C/c2ccccc2)SC1=S)NNc1ccc([N+](=O)[O-])cc1[N+](=O)[O-]. The third kappa shape index (κ3) is 5.99. The number of nitro benzene ring substituents is 2. The van der Waals surface area contributed by atoms with Gasteiger partial charge in [-0.05, 0) is 17.7 Å². The fraction of sp³-hybridized carbons (Fsp3) is 0.0500. The Morgan fingerprint density at radius 3 is 2.52 bits per heavy atom. The number of amides is 2. The molecular weight excluding hydrogens is 470 g/mol. The number of carbonyl (C=O) groups is 2. The molecule has 0 atom stereocenters. The number of allylic oxidation sites excluding steroid dienone is 2. The summed E-state index contributed by atoms with van der Waals surface area (Å²) in [6.07, 6.45) is 5.12. The van der Waals surface area contributed by atoms with Gasteiger partial charge in [-0.25, -0.2) is 0 Å². The zero-order valence-corrected chi connectivity index (χ0v) is 18.3. The molecule has 3 rings (SSSR count). The van der Waals surface area contributed by atoms with E-state index in [4.69, 9.17) is 12.2 Å². The first-order chi connectivity index (χ1) is 15.8. The van der Waals surface area contributed by atoms with E-state index in [1.807, 2.05) is 36.4 Å². The molecule has 0 saturated carbocycles. The van der Waals surface area contributed by atoms with Gasteiger partial charge in [-0.2, -0.15) is 0 Å². The molecule has 13 heteroatoms. The molecule has 11 nitrogen and oxygen atoms in total. The Kier molecular flexibility index (Phi) is 7.48. The van der Waals surface area contributed by atoms with Gasteiger partial charge < -0.3 is 0 Å². The summed E-state index contributed by atoms with van der Waals surface area (Å²) in [6, 6.07) is 12.4. The van der Waals surface area contributed by atoms with Gasteiger partial charge in [0.15, 0.2) is 0 Å². The first-order valence-electron chi connectivity index (χ1n) is 9.21. The van der Waals surface area contributed by atoms with Crippen LogP contribution < -0.4 is 10.9 Å². The minimum absolute atomic E-state index is 0.157. The first-order valence-corrected chi connectivity index (χ1v) is 10.4. The molecule has 2 aromatic rings. The molecule has 0 radical (unpaired) electrons. The molecule has 0 bridgehead atoms. The normalized spacial score (nSPS) is 14.7. The lowest BCUT2D eigenvalue weighted by Crippen LogP contribution is -2.41. The summed E-state index contributed by atoms with van der Waals surface area (Å²) in [4.78, 5) is 46.7. The summed E-state index contributed by atoms with van der Waals surface area (Å²) in [6.45, 7) is -0.418. The Morgan fingerprint density at radius 2 is 1.85 bits per heavy atom. The molecule has 1 saturated heterocycles. The van der Waals surface area contributed by atoms with Crippen molar-refractivity contribution in [3.8, 4) is 0 Å². The van der Waals surface area contributed by atoms with Crippen LogP contribution in [-0.4, -0.2) is 37.4 Å². The average Bonchev–Trinajstić information content (AvgIpc) is 3.05. The molecule has 2 amide bonds. The van der Waals surface area contributed by atoms with Crippen molar-refractivity contribution in [1.29, 1.82) is 0 Å². The van der Waals surface area contributed by atoms with Crippen LogP contribution in [0.2, 0.25) is 0 Å². The number of non-ortho nitro benzene ring substituents is 1. The van der Waals surface area contributed by atoms with Gasteiger partial charge in [-0.1, -0.05) is 66.5 Å². The topological polar surface area (TPSA) is 148 Å². The Bertz CT molecular complexity index is 1200. The van der Waals surface area contributed by atoms with Crippen LogP contribution >= 0.6 is 24.0 Å². The van der Waals surface area contributed by atoms with Crippen molar-refractivity contribution in [3.63, 3.8) is 0 Å². The molecule has 0 aliphatic carbocycles. The van der Waals surface area contributed by atoms with Crippen molar-refractivity contribution in [2.24, 2.45) is 0 Å². The van der Waals surface area contributed by atoms with Crippen LogP contribution in [0.3, 0.4) is 0 Å². The second-order valence-electron chi connectivity index (χ2n) is 6.45. The fourth-order valence-corrected chi connectivity index (χ4v) is 3.88. The number of carbonyl (C=O) groups excluding carboxylic acids is 2. The lowest BCUT2D eigenvalue weighted by Gasteiger charge is -2.15. The molecule has 2 aromatic carbocycles. The maximum atomic E-state index is 12.6. The monoisotopic (exact) mass is 485 g/mol. The Balaban J connectivity index is 1.61. The summed E-state index contributed by atoms with van der Waals surface area (Å²) in [5, 5.41) is 22.0. The second kappa shape index (κ2) is 10.5. The molecule has 2 N–H and O–H groups in total. The van der Waals surface area contributed by atoms with Crippen molar-refractivity contribution >= 4 is 63.3 Å². The van der Waals surface area contributed by atoms with E-state index in [-0.39, 0.29) is 10.0 Å². The van der Waals surface area contributed by atoms with Crippen molar-refractivity contribution in [1.82, 2.24) is 10.3 Å². The minimum atomic E-state index is -0.822. The number of hydrogen-bond acceptors (Lipinski definition) is 9. The van der Waals surface area contributed by atoms with E-state index < -0.39 is 39.6 Å². The lowest BCUT2D eigenvalue weighted by atomic mass is 10.2. The van der Waals surface area contributed by atoms with Crippen LogP contribution in [0.5, 0.6) is 0 Å². The quantitative estimate of drug-likeness (QED) is 0.248. The van der Waals surface area contributed by atoms with Gasteiger partial charge in [-0.3, -0.25) is 45.6 Å². The van der Waals surface area contributed by atoms with Crippen LogP contribution in [0.4, 0.5) is 17.1 Å². The molecule has 33 heavy (non-hydrogen) atoms. The van der Waals surface area contributed by atoms with Crippen molar-refractivity contribution in [3.05, 3.63) is 91.4 Å². The molecule has 1 fully saturated rings. The van der Waals surface area contributed by atoms with E-state index >= 15 is 0 Å². The highest BCUT2D eigenvalue weighted by atomic mass is 32.2. The number of hydrogen-bond donors (Lipinski definition) is 2. The smallest absolute Gasteiger partial charge is 0.292 e. The van der Waals surface area contributed by atoms with Crippen LogP contribution in [0, 0.1) is 20.2 Å². The molecule has 1 aliphatic rings. The zero-order valence-electron chi connectivity index (χ0n) is 16.7. The predicted octanol–water partition coefficient (Wildman–Crippen LogP) is 3.40. The standard InChI is InChI=1S/C20H15N5O6S2/c26-18(22-21-15-10-9-14(24(28)29)11-16(15)25(30)31)12-23-19(27)17(33-20(23)32)8-4-7-13-5-2-1-3-6-13/h1-11,21H,12H2,(H,22,26)/b7-4+,17-8-. The highest BCUT2D eigenvalue weighted by Crippen LogP contribution is 2.31. The third-order valence-electron chi connectivity index (χ3n) is 4.24. The maximum absolute atomic E-state index is 12.6. The van der Waals surface area contributed by atoms with Gasteiger partial charge in [-0.15, -0.1) is 0 Å². The number of hydrazine groups is 1. The van der Waals surface area contributed by atoms with Crippen LogP contribution in [0.1, 0.15) is 5.56 Å². The molecule has 0 spiro atoms. The predicted molar refractivity (Wildman–Crippen MR) is 127 cm³/mol. The Labute approximate surface area is 196 Å². The van der Waals surface area contributed by atoms with Gasteiger partial charge in [0.1, 0.15) is 16.6 Å². The Morgan fingerprint density at radius 1 is 1.12 bits per heavy atom. The molecule has 0 aromatic heterocycles. The van der Waals surface area contributed by atoms with Gasteiger partial charge >= 0.3 is 5.69 Å². The van der Waals surface area contributed by atoms with Crippen molar-refractivity contribution < 1.29 is 19.4 Å². The number of benzene rings is 2. The first kappa shape index (κ1) is 23.6. The van der Waals surface area contributed by atoms with Gasteiger partial charge in [0.05, 0.1) is 20.8 Å². The largest absolute Gasteiger partial charge is 0.300 e. The number of thioether (sulfide) groups is 1. The lowest BCUT2D eigenvalue weighted by molar-refractivity contribution is -0.393. The van der Waals surface area contributed by atoms with Crippen LogP contribution in [0.15, 0.2) is 65.6 Å². The van der Waals surface area contributed by atoms with E-state index in [0.29, 0.717) is 4.91 Å². The summed E-state index contributed by atoms with van der Waals surface area (Å²) in [7, 11) is 0. The third-order valence-corrected chi connectivity index (χ3v) is 5.63. The summed E-state index contributed by atoms with van der Waals surface area (Å²) in [5.41, 5.74) is 4.32. The number of nitrogens with zero attached hydrogens (tertiary/aromatic N) is 3. The van der Waals surface area contributed by atoms with E-state index in [1.54, 1.807) is 12.2 Å². The van der Waals surface area contributed by atoms with Crippen LogP contribution in [0.25, 0.3) is 6.08 Å². The summed E-state index contributed by atoms with van der Waals surface area (Å²) >= 11 is 6.23. The zero-order chi connectivity index (χ0) is 24.0. The van der Waals surface area contributed by atoms with E-state index in [1.165, 1.54) is 0 Å². The van der Waals surface area contributed by atoms with E-state index in [2.05, 4.69) is 10.9 Å². The summed E-state index contributed by atoms with van der Waals surface area (Å²) in [5.74, 6) is -1.14. The van der Waals surface area contributed by atoms with Crippen molar-refractivity contribution in [2.45, 2.75) is 0 Å². The van der Waals surface area contributed by atoms with E-state index in [0.717, 1.165) is 40.4 Å². The summed E-state index contributed by atoms with van der Waals surface area (Å²) < 4.78 is 0.191. The molecular formula is C20H15N5O6S2. The highest BCUT2D eigenvalue weighted by Gasteiger charge is 2.33. The van der Waals surface area contributed by atoms with Gasteiger partial charge in [0, 0.05) is 6.07 Å². The molecule has 0 unspecified atom stereocenters. The molecule has 168 valence electrons. The van der Waals surface area contributed by atoms with Gasteiger partial charge in [0.2, 0.25) is 0 Å². The fourth-order valence-electron chi connectivity index (χ4n) is 2.67. The highest BCUT2D eigenvalue weighted by molar-refractivity contribution is 8.26. The Hall–Kier alpha value is -4.10. The molecule has 1 aliphatic heterocycles. The number of anilines is 1. The van der Waals surface area contributed by atoms with Crippen molar-refractivity contribution in [2.75, 3.05) is 12.0 Å². The molecule has 1 heterocycles. The second-order valence-corrected chi connectivity index (χ2v) is 8.12. The minimum Gasteiger partial charge on any atom is -0.292 e.